The van der Waals surface area contributed by atoms with Gasteiger partial charge in [-0.25, -0.2) is 0 Å². The molecule has 0 rings (SSSR count). The fraction of sp³-hybridized carbons (Fsp3) is 1.00. The molecule has 0 aromatic heterocycles. The molecule has 0 bridgehead atoms. The number of nitrogens with one attached hydrogen (secondary N) is 1. The third-order valence-corrected chi connectivity index (χ3v) is 3.04. The second-order valence-electron chi connectivity index (χ2n) is 4.60. The highest BCUT2D eigenvalue weighted by Crippen LogP contribution is 2.11. The Kier molecular flexibility index (Phi) is 12.0. The van der Waals surface area contributed by atoms with E-state index in [-0.39, 0.29) is 0 Å². The molecule has 0 saturated carbocycles. The molecule has 1 heteroatoms. The van der Waals surface area contributed by atoms with Crippen LogP contribution in [0, 0.1) is 0 Å². The molecule has 15 heavy (non-hydrogen) atoms. The molecule has 92 valence electrons. The fourth-order valence-corrected chi connectivity index (χ4v) is 2.16. The van der Waals surface area contributed by atoms with Crippen LogP contribution in [0.5, 0.6) is 0 Å². The molecule has 0 amide bonds. The Hall–Kier alpha value is -0.0400. The van der Waals surface area contributed by atoms with E-state index in [0.29, 0.717) is 0 Å². The summed E-state index contributed by atoms with van der Waals surface area (Å²) in [7, 11) is 0. The lowest BCUT2D eigenvalue weighted by Gasteiger charge is -2.16. The van der Waals surface area contributed by atoms with Crippen LogP contribution < -0.4 is 5.32 Å². The minimum absolute atomic E-state index is 0.783. The lowest BCUT2D eigenvalue weighted by atomic mass is 10.0. The van der Waals surface area contributed by atoms with Crippen molar-refractivity contribution in [2.45, 2.75) is 84.6 Å². The Labute approximate surface area is 97.0 Å². The molecule has 0 radical (unpaired) electrons. The first kappa shape index (κ1) is 15.0. The largest absolute Gasteiger partial charge is 0.314 e. The molecule has 0 fully saturated rings. The minimum atomic E-state index is 0.783. The van der Waals surface area contributed by atoms with Gasteiger partial charge in [-0.3, -0.25) is 0 Å². The molecule has 0 aliphatic heterocycles. The number of hydrogen-bond acceptors (Lipinski definition) is 1. The summed E-state index contributed by atoms with van der Waals surface area (Å²) >= 11 is 0. The van der Waals surface area contributed by atoms with Gasteiger partial charge in [0.25, 0.3) is 0 Å². The van der Waals surface area contributed by atoms with Crippen molar-refractivity contribution < 1.29 is 0 Å². The molecule has 0 saturated heterocycles. The van der Waals surface area contributed by atoms with E-state index in [1.165, 1.54) is 57.8 Å². The van der Waals surface area contributed by atoms with Gasteiger partial charge in [-0.1, -0.05) is 65.7 Å². The topological polar surface area (TPSA) is 12.0 Å². The molecule has 0 spiro atoms. The van der Waals surface area contributed by atoms with Crippen LogP contribution in [0.4, 0.5) is 0 Å². The third-order valence-electron chi connectivity index (χ3n) is 3.04. The van der Waals surface area contributed by atoms with Crippen molar-refractivity contribution in [3.05, 3.63) is 0 Å². The zero-order valence-electron chi connectivity index (χ0n) is 11.1. The Morgan fingerprint density at radius 1 is 0.733 bits per heavy atom. The van der Waals surface area contributed by atoms with E-state index >= 15 is 0 Å². The molecule has 0 aliphatic carbocycles. The van der Waals surface area contributed by atoms with Crippen molar-refractivity contribution in [2.75, 3.05) is 6.54 Å². The van der Waals surface area contributed by atoms with Crippen LogP contribution in [0.1, 0.15) is 78.6 Å². The van der Waals surface area contributed by atoms with E-state index < -0.39 is 0 Å². The number of unbranched alkanes of at least 4 members (excludes halogenated alkanes) is 5. The average molecular weight is 213 g/mol. The van der Waals surface area contributed by atoms with Crippen LogP contribution in [-0.4, -0.2) is 12.6 Å². The monoisotopic (exact) mass is 213 g/mol. The second-order valence-corrected chi connectivity index (χ2v) is 4.60. The zero-order chi connectivity index (χ0) is 11.4. The molecular weight excluding hydrogens is 182 g/mol. The highest BCUT2D eigenvalue weighted by atomic mass is 14.9. The normalized spacial score (nSPS) is 13.0. The third kappa shape index (κ3) is 10.2. The first-order chi connectivity index (χ1) is 7.35. The SMILES string of the molecule is CCCCCCCCC(CCC)NCC. The van der Waals surface area contributed by atoms with Crippen molar-refractivity contribution in [1.29, 1.82) is 0 Å². The van der Waals surface area contributed by atoms with Crippen molar-refractivity contribution in [3.63, 3.8) is 0 Å². The first-order valence-electron chi connectivity index (χ1n) is 7.08. The van der Waals surface area contributed by atoms with Crippen LogP contribution >= 0.6 is 0 Å². The molecule has 0 heterocycles. The summed E-state index contributed by atoms with van der Waals surface area (Å²) in [5, 5.41) is 3.59. The Morgan fingerprint density at radius 2 is 1.40 bits per heavy atom. The van der Waals surface area contributed by atoms with E-state index in [0.717, 1.165) is 12.6 Å². The lowest BCUT2D eigenvalue weighted by molar-refractivity contribution is 0.435. The van der Waals surface area contributed by atoms with E-state index in [1.807, 2.05) is 0 Å². The fourth-order valence-electron chi connectivity index (χ4n) is 2.16. The van der Waals surface area contributed by atoms with E-state index in [9.17, 15) is 0 Å². The van der Waals surface area contributed by atoms with E-state index in [2.05, 4.69) is 26.1 Å². The summed E-state index contributed by atoms with van der Waals surface area (Å²) in [5.74, 6) is 0. The second kappa shape index (κ2) is 12.0. The maximum absolute atomic E-state index is 3.59. The molecule has 1 nitrogen and oxygen atoms in total. The summed E-state index contributed by atoms with van der Waals surface area (Å²) in [6, 6.07) is 0.783. The van der Waals surface area contributed by atoms with Crippen LogP contribution in [0.3, 0.4) is 0 Å². The van der Waals surface area contributed by atoms with Gasteiger partial charge >= 0.3 is 0 Å². The molecule has 0 aliphatic rings. The molecule has 0 aromatic carbocycles. The minimum Gasteiger partial charge on any atom is -0.314 e. The summed E-state index contributed by atoms with van der Waals surface area (Å²) < 4.78 is 0. The van der Waals surface area contributed by atoms with Gasteiger partial charge in [-0.05, 0) is 19.4 Å². The molecule has 0 aromatic rings. The van der Waals surface area contributed by atoms with Gasteiger partial charge in [-0.2, -0.15) is 0 Å². The van der Waals surface area contributed by atoms with Crippen molar-refractivity contribution in [3.8, 4) is 0 Å². The highest BCUT2D eigenvalue weighted by molar-refractivity contribution is 4.65. The predicted octanol–water partition coefficient (Wildman–Crippen LogP) is 4.52. The summed E-state index contributed by atoms with van der Waals surface area (Å²) in [5.41, 5.74) is 0. The van der Waals surface area contributed by atoms with Crippen molar-refractivity contribution >= 4 is 0 Å². The van der Waals surface area contributed by atoms with Gasteiger partial charge in [0.05, 0.1) is 0 Å². The maximum Gasteiger partial charge on any atom is 0.00668 e. The molecular formula is C14H31N. The van der Waals surface area contributed by atoms with Crippen LogP contribution in [-0.2, 0) is 0 Å². The summed E-state index contributed by atoms with van der Waals surface area (Å²) in [4.78, 5) is 0. The Morgan fingerprint density at radius 3 is 2.00 bits per heavy atom. The van der Waals surface area contributed by atoms with Gasteiger partial charge < -0.3 is 5.32 Å². The predicted molar refractivity (Wildman–Crippen MR) is 70.4 cm³/mol. The van der Waals surface area contributed by atoms with Crippen LogP contribution in [0.25, 0.3) is 0 Å². The van der Waals surface area contributed by atoms with Crippen LogP contribution in [0.15, 0.2) is 0 Å². The highest BCUT2D eigenvalue weighted by Gasteiger charge is 2.04. The summed E-state index contributed by atoms with van der Waals surface area (Å²) in [6.07, 6.45) is 12.6. The number of rotatable bonds is 11. The van der Waals surface area contributed by atoms with Crippen molar-refractivity contribution in [2.24, 2.45) is 0 Å². The van der Waals surface area contributed by atoms with E-state index in [4.69, 9.17) is 0 Å². The molecule has 1 N–H and O–H groups in total. The lowest BCUT2D eigenvalue weighted by Crippen LogP contribution is -2.28. The molecule has 1 unspecified atom stereocenters. The Bertz CT molecular complexity index is 106. The van der Waals surface area contributed by atoms with Gasteiger partial charge in [0.2, 0.25) is 0 Å². The van der Waals surface area contributed by atoms with Gasteiger partial charge in [-0.15, -0.1) is 0 Å². The Balaban J connectivity index is 3.28. The molecule has 1 atom stereocenters. The first-order valence-corrected chi connectivity index (χ1v) is 7.08. The van der Waals surface area contributed by atoms with Crippen molar-refractivity contribution in [1.82, 2.24) is 5.32 Å². The number of hydrogen-bond donors (Lipinski definition) is 1. The van der Waals surface area contributed by atoms with Gasteiger partial charge in [0.15, 0.2) is 0 Å². The summed E-state index contributed by atoms with van der Waals surface area (Å²) in [6.45, 7) is 7.90. The van der Waals surface area contributed by atoms with Gasteiger partial charge in [0.1, 0.15) is 0 Å². The van der Waals surface area contributed by atoms with E-state index in [1.54, 1.807) is 0 Å². The maximum atomic E-state index is 3.59. The zero-order valence-corrected chi connectivity index (χ0v) is 11.1. The van der Waals surface area contributed by atoms with Crippen LogP contribution in [0.2, 0.25) is 0 Å². The smallest absolute Gasteiger partial charge is 0.00668 e. The standard InChI is InChI=1S/C14H31N/c1-4-7-8-9-10-11-13-14(12-5-2)15-6-3/h14-15H,4-13H2,1-3H3. The quantitative estimate of drug-likeness (QED) is 0.498. The van der Waals surface area contributed by atoms with Gasteiger partial charge in [0, 0.05) is 6.04 Å². The average Bonchev–Trinajstić information content (AvgIpc) is 2.24.